The van der Waals surface area contributed by atoms with Crippen molar-refractivity contribution >= 4 is 43.6 Å². The van der Waals surface area contributed by atoms with E-state index in [1.165, 1.54) is 44.5 Å². The van der Waals surface area contributed by atoms with Gasteiger partial charge < -0.3 is 9.13 Å². The van der Waals surface area contributed by atoms with Gasteiger partial charge in [0, 0.05) is 38.2 Å². The van der Waals surface area contributed by atoms with E-state index in [0.29, 0.717) is 5.56 Å². The number of aryl methyl sites for hydroxylation is 4. The number of rotatable bonds is 9. The zero-order valence-electron chi connectivity index (χ0n) is 45.0. The molecule has 0 N–H and O–H groups in total. The predicted molar refractivity (Wildman–Crippen MR) is 335 cm³/mol. The van der Waals surface area contributed by atoms with E-state index in [1.54, 1.807) is 0 Å². The summed E-state index contributed by atoms with van der Waals surface area (Å²) in [5, 5.41) is 16.3. The molecule has 0 saturated carbocycles. The van der Waals surface area contributed by atoms with Gasteiger partial charge in [0.25, 0.3) is 0 Å². The zero-order chi connectivity index (χ0) is 54.0. The van der Waals surface area contributed by atoms with Crippen molar-refractivity contribution in [1.29, 1.82) is 5.26 Å². The Morgan fingerprint density at radius 1 is 0.287 bits per heavy atom. The first-order chi connectivity index (χ1) is 39.3. The molecule has 14 aromatic rings. The minimum Gasteiger partial charge on any atom is -0.309 e. The molecule has 3 heterocycles. The summed E-state index contributed by atoms with van der Waals surface area (Å²) in [4.78, 5) is 5.39. The number of nitrogens with zero attached hydrogens (tertiary/aromatic N) is 4. The molecule has 0 aliphatic heterocycles. The molecule has 4 nitrogen and oxygen atoms in total. The summed E-state index contributed by atoms with van der Waals surface area (Å²) in [5.41, 5.74) is 26.3. The molecule has 0 amide bonds. The van der Waals surface area contributed by atoms with E-state index in [0.717, 1.165) is 111 Å². The molecule has 0 fully saturated rings. The average Bonchev–Trinajstić information content (AvgIpc) is 4.17. The van der Waals surface area contributed by atoms with E-state index in [9.17, 15) is 5.26 Å². The molecule has 11 aromatic carbocycles. The molecular weight excluding hydrogens is 969 g/mol. The maximum atomic E-state index is 11.8. The lowest BCUT2D eigenvalue weighted by molar-refractivity contribution is 1.13. The second-order valence-electron chi connectivity index (χ2n) is 21.2. The highest BCUT2D eigenvalue weighted by Crippen LogP contribution is 2.45. The molecule has 4 heteroatoms. The van der Waals surface area contributed by atoms with Crippen LogP contribution in [-0.2, 0) is 0 Å². The highest BCUT2D eigenvalue weighted by Gasteiger charge is 2.25. The van der Waals surface area contributed by atoms with Crippen molar-refractivity contribution < 1.29 is 0 Å². The standard InChI is InChI=1S/C76H54N4/c1-48-19-11-15-27-60(48)54-31-35-71-65(39-54)66-40-55(61-28-16-12-20-49(61)2)32-36-72(66)79(71)75-46-64(58-43-69(52-23-7-5-8-24-52)78-70(44-58)53-25-9-6-10-26-53)76(45-59(75)47-77)80-73-37-33-56(62-29-17-13-21-50(62)3)41-67(73)68-42-57(34-38-74(68)80)63-30-18-14-22-51(63)4/h5-46H,1-4H3. The molecular formula is C76H54N4. The average molecular weight is 1020 g/mol. The number of hydrogen-bond donors (Lipinski definition) is 0. The van der Waals surface area contributed by atoms with Gasteiger partial charge in [-0.05, 0) is 173 Å². The van der Waals surface area contributed by atoms with Crippen LogP contribution in [-0.4, -0.2) is 14.1 Å². The van der Waals surface area contributed by atoms with Gasteiger partial charge >= 0.3 is 0 Å². The number of pyridine rings is 1. The van der Waals surface area contributed by atoms with Gasteiger partial charge in [0.15, 0.2) is 0 Å². The fraction of sp³-hybridized carbons (Fsp3) is 0.0526. The molecule has 0 aliphatic rings. The van der Waals surface area contributed by atoms with Crippen molar-refractivity contribution in [2.75, 3.05) is 0 Å². The number of benzene rings is 11. The van der Waals surface area contributed by atoms with Crippen molar-refractivity contribution in [2.45, 2.75) is 27.7 Å². The molecule has 0 bridgehead atoms. The summed E-state index contributed by atoms with van der Waals surface area (Å²) in [6, 6.07) is 94.4. The maximum Gasteiger partial charge on any atom is 0.101 e. The van der Waals surface area contributed by atoms with Crippen LogP contribution >= 0.6 is 0 Å². The van der Waals surface area contributed by atoms with E-state index >= 15 is 0 Å². The Kier molecular flexibility index (Phi) is 11.8. The van der Waals surface area contributed by atoms with Gasteiger partial charge in [-0.15, -0.1) is 0 Å². The molecule has 378 valence electrons. The highest BCUT2D eigenvalue weighted by molar-refractivity contribution is 6.14. The third-order valence-corrected chi connectivity index (χ3v) is 16.3. The molecule has 0 unspecified atom stereocenters. The van der Waals surface area contributed by atoms with Gasteiger partial charge in [0.05, 0.1) is 50.4 Å². The van der Waals surface area contributed by atoms with Crippen LogP contribution in [0.3, 0.4) is 0 Å². The van der Waals surface area contributed by atoms with E-state index in [-0.39, 0.29) is 0 Å². The first-order valence-electron chi connectivity index (χ1n) is 27.4. The Bertz CT molecular complexity index is 4550. The molecule has 14 rings (SSSR count). The lowest BCUT2D eigenvalue weighted by Crippen LogP contribution is -2.04. The second-order valence-corrected chi connectivity index (χ2v) is 21.2. The topological polar surface area (TPSA) is 46.5 Å². The Morgan fingerprint density at radius 2 is 0.613 bits per heavy atom. The van der Waals surface area contributed by atoms with Crippen molar-refractivity contribution in [3.8, 4) is 95.6 Å². The Morgan fingerprint density at radius 3 is 0.950 bits per heavy atom. The first-order valence-corrected chi connectivity index (χ1v) is 27.4. The molecule has 0 atom stereocenters. The summed E-state index contributed by atoms with van der Waals surface area (Å²) in [6.07, 6.45) is 0. The van der Waals surface area contributed by atoms with Crippen LogP contribution in [0.25, 0.3) is 133 Å². The molecule has 0 aliphatic carbocycles. The van der Waals surface area contributed by atoms with Crippen molar-refractivity contribution in [2.24, 2.45) is 0 Å². The monoisotopic (exact) mass is 1020 g/mol. The number of fused-ring (bicyclic) bond motifs is 6. The SMILES string of the molecule is Cc1ccccc1-c1ccc2c(c1)c1cc(-c3ccccc3C)ccc1n2-c1cc(-c2cc(-c3ccccc3)nc(-c3ccccc3)c2)c(-n2c3ccc(-c4ccccc4C)cc3c3cc(-c4ccccc4C)ccc32)cc1C#N. The normalized spacial score (nSPS) is 11.5. The van der Waals surface area contributed by atoms with E-state index < -0.39 is 0 Å². The number of aromatic nitrogens is 3. The minimum atomic E-state index is 0.553. The second kappa shape index (κ2) is 19.6. The van der Waals surface area contributed by atoms with Crippen molar-refractivity contribution in [3.63, 3.8) is 0 Å². The van der Waals surface area contributed by atoms with Gasteiger partial charge in [-0.3, -0.25) is 0 Å². The van der Waals surface area contributed by atoms with E-state index in [4.69, 9.17) is 4.98 Å². The Balaban J connectivity index is 1.10. The van der Waals surface area contributed by atoms with Gasteiger partial charge in [0.2, 0.25) is 0 Å². The molecule has 80 heavy (non-hydrogen) atoms. The third-order valence-electron chi connectivity index (χ3n) is 16.3. The molecule has 0 radical (unpaired) electrons. The summed E-state index contributed by atoms with van der Waals surface area (Å²) in [5.74, 6) is 0. The smallest absolute Gasteiger partial charge is 0.101 e. The Hall–Kier alpha value is -10.3. The molecule has 0 spiro atoms. The lowest BCUT2D eigenvalue weighted by Gasteiger charge is -2.20. The van der Waals surface area contributed by atoms with Crippen LogP contribution in [0.2, 0.25) is 0 Å². The summed E-state index contributed by atoms with van der Waals surface area (Å²) in [7, 11) is 0. The predicted octanol–water partition coefficient (Wildman–Crippen LogP) is 20.1. The lowest BCUT2D eigenvalue weighted by atomic mass is 9.96. The molecule has 3 aromatic heterocycles. The van der Waals surface area contributed by atoms with Crippen LogP contribution in [0.1, 0.15) is 27.8 Å². The first kappa shape index (κ1) is 48.1. The zero-order valence-corrected chi connectivity index (χ0v) is 45.0. The van der Waals surface area contributed by atoms with Crippen LogP contribution in [0.4, 0.5) is 0 Å². The van der Waals surface area contributed by atoms with Crippen molar-refractivity contribution in [1.82, 2.24) is 14.1 Å². The quantitative estimate of drug-likeness (QED) is 0.145. The van der Waals surface area contributed by atoms with Crippen LogP contribution in [0.15, 0.2) is 255 Å². The third kappa shape index (κ3) is 8.18. The number of nitriles is 1. The molecule has 0 saturated heterocycles. The van der Waals surface area contributed by atoms with E-state index in [2.05, 4.69) is 286 Å². The summed E-state index contributed by atoms with van der Waals surface area (Å²) < 4.78 is 4.72. The maximum absolute atomic E-state index is 11.8. The Labute approximate surface area is 466 Å². The highest BCUT2D eigenvalue weighted by atomic mass is 15.0. The van der Waals surface area contributed by atoms with E-state index in [1.807, 2.05) is 12.1 Å². The fourth-order valence-electron chi connectivity index (χ4n) is 12.3. The summed E-state index contributed by atoms with van der Waals surface area (Å²) >= 11 is 0. The van der Waals surface area contributed by atoms with Crippen molar-refractivity contribution in [3.05, 3.63) is 283 Å². The fourth-order valence-corrected chi connectivity index (χ4v) is 12.3. The van der Waals surface area contributed by atoms with Gasteiger partial charge in [-0.2, -0.15) is 5.26 Å². The van der Waals surface area contributed by atoms with Crippen LogP contribution in [0.5, 0.6) is 0 Å². The van der Waals surface area contributed by atoms with Gasteiger partial charge in [-0.25, -0.2) is 4.98 Å². The van der Waals surface area contributed by atoms with Crippen LogP contribution in [0, 0.1) is 39.0 Å². The van der Waals surface area contributed by atoms with Gasteiger partial charge in [-0.1, -0.05) is 182 Å². The minimum absolute atomic E-state index is 0.553. The van der Waals surface area contributed by atoms with Gasteiger partial charge in [0.1, 0.15) is 6.07 Å². The summed E-state index contributed by atoms with van der Waals surface area (Å²) in [6.45, 7) is 8.72. The van der Waals surface area contributed by atoms with Crippen LogP contribution < -0.4 is 0 Å². The number of hydrogen-bond acceptors (Lipinski definition) is 2. The largest absolute Gasteiger partial charge is 0.309 e.